The first-order chi connectivity index (χ1) is 14.4. The van der Waals surface area contributed by atoms with Crippen LogP contribution in [0.2, 0.25) is 0 Å². The van der Waals surface area contributed by atoms with Gasteiger partial charge in [0.2, 0.25) is 0 Å². The summed E-state index contributed by atoms with van der Waals surface area (Å²) < 4.78 is 0. The molecule has 0 nitrogen and oxygen atoms in total. The highest BCUT2D eigenvalue weighted by Gasteiger charge is 2.14. The van der Waals surface area contributed by atoms with Crippen LogP contribution in [0.25, 0.3) is 10.8 Å². The van der Waals surface area contributed by atoms with Gasteiger partial charge >= 0.3 is 0 Å². The number of rotatable bonds is 3. The van der Waals surface area contributed by atoms with E-state index in [0.717, 1.165) is 0 Å². The number of fused-ring (bicyclic) bond motifs is 1. The minimum Gasteiger partial charge on any atom is -0.0622 e. The van der Waals surface area contributed by atoms with Crippen molar-refractivity contribution < 1.29 is 0 Å². The van der Waals surface area contributed by atoms with Crippen LogP contribution >= 0.6 is 7.92 Å². The van der Waals surface area contributed by atoms with E-state index in [2.05, 4.69) is 140 Å². The van der Waals surface area contributed by atoms with Crippen molar-refractivity contribution in [3.63, 3.8) is 0 Å². The number of benzene rings is 5. The maximum absolute atomic E-state index is 2.23. The van der Waals surface area contributed by atoms with Crippen LogP contribution in [0.3, 0.4) is 0 Å². The van der Waals surface area contributed by atoms with Crippen molar-refractivity contribution >= 4 is 34.6 Å². The Morgan fingerprint density at radius 2 is 0.517 bits per heavy atom. The van der Waals surface area contributed by atoms with Crippen molar-refractivity contribution in [2.75, 3.05) is 0 Å². The van der Waals surface area contributed by atoms with Gasteiger partial charge in [0, 0.05) is 0 Å². The van der Waals surface area contributed by atoms with Gasteiger partial charge in [0.1, 0.15) is 0 Å². The van der Waals surface area contributed by atoms with Gasteiger partial charge < -0.3 is 0 Å². The molecule has 0 aliphatic rings. The molecule has 0 fully saturated rings. The van der Waals surface area contributed by atoms with Crippen LogP contribution in [-0.2, 0) is 0 Å². The third-order valence-corrected chi connectivity index (χ3v) is 7.15. The molecule has 0 atom stereocenters. The largest absolute Gasteiger partial charge is 0.0622 e. The summed E-state index contributed by atoms with van der Waals surface area (Å²) in [6.07, 6.45) is 0. The molecule has 1 heteroatoms. The summed E-state index contributed by atoms with van der Waals surface area (Å²) in [7, 11) is -0.446. The number of hydrogen-bond acceptors (Lipinski definition) is 0. The van der Waals surface area contributed by atoms with Gasteiger partial charge in [-0.1, -0.05) is 140 Å². The van der Waals surface area contributed by atoms with Gasteiger partial charge in [-0.05, 0) is 34.6 Å². The molecule has 140 valence electrons. The summed E-state index contributed by atoms with van der Waals surface area (Å²) in [5.74, 6) is 0. The van der Waals surface area contributed by atoms with Crippen molar-refractivity contribution in [3.8, 4) is 0 Å². The lowest BCUT2D eigenvalue weighted by Crippen LogP contribution is -2.20. The van der Waals surface area contributed by atoms with Crippen LogP contribution in [0.4, 0.5) is 0 Å². The summed E-state index contributed by atoms with van der Waals surface area (Å²) >= 11 is 0. The maximum atomic E-state index is 2.23. The average Bonchev–Trinajstić information content (AvgIpc) is 2.82. The van der Waals surface area contributed by atoms with Gasteiger partial charge in [-0.15, -0.1) is 0 Å². The highest BCUT2D eigenvalue weighted by atomic mass is 31.1. The van der Waals surface area contributed by atoms with E-state index < -0.39 is 7.92 Å². The topological polar surface area (TPSA) is 0 Å². The lowest BCUT2D eigenvalue weighted by molar-refractivity contribution is 1.74. The van der Waals surface area contributed by atoms with Gasteiger partial charge in [0.25, 0.3) is 0 Å². The Hall–Kier alpha value is -3.21. The second-order valence-electron chi connectivity index (χ2n) is 6.69. The Morgan fingerprint density at radius 3 is 0.793 bits per heavy atom. The van der Waals surface area contributed by atoms with Crippen LogP contribution in [0.15, 0.2) is 140 Å². The van der Waals surface area contributed by atoms with E-state index in [1.54, 1.807) is 0 Å². The standard InChI is InChI=1S/C18H15P.C10H8/c1-4-10-16(11-5-1)19(17-12-6-2-7-13-17)18-14-8-3-9-15-18;1-2-6-10-8-4-3-7-9(10)5-1/h1-15H;1-8H. The summed E-state index contributed by atoms with van der Waals surface area (Å²) in [4.78, 5) is 0. The van der Waals surface area contributed by atoms with Crippen LogP contribution in [0.1, 0.15) is 0 Å². The molecular formula is C28H23P. The highest BCUT2D eigenvalue weighted by Crippen LogP contribution is 2.32. The van der Waals surface area contributed by atoms with Gasteiger partial charge in [-0.25, -0.2) is 0 Å². The summed E-state index contributed by atoms with van der Waals surface area (Å²) in [6, 6.07) is 49.0. The van der Waals surface area contributed by atoms with Gasteiger partial charge in [-0.2, -0.15) is 0 Å². The summed E-state index contributed by atoms with van der Waals surface area (Å²) in [5, 5.41) is 6.81. The molecule has 0 amide bonds. The van der Waals surface area contributed by atoms with Crippen molar-refractivity contribution in [1.29, 1.82) is 0 Å². The van der Waals surface area contributed by atoms with Crippen LogP contribution in [0, 0.1) is 0 Å². The molecule has 0 heterocycles. The molecule has 5 rings (SSSR count). The van der Waals surface area contributed by atoms with Crippen molar-refractivity contribution in [2.45, 2.75) is 0 Å². The van der Waals surface area contributed by atoms with E-state index in [9.17, 15) is 0 Å². The minimum absolute atomic E-state index is 0.446. The Morgan fingerprint density at radius 1 is 0.276 bits per heavy atom. The van der Waals surface area contributed by atoms with E-state index in [1.165, 1.54) is 26.7 Å². The fourth-order valence-electron chi connectivity index (χ4n) is 3.31. The second kappa shape index (κ2) is 9.82. The Kier molecular flexibility index (Phi) is 6.48. The van der Waals surface area contributed by atoms with Crippen LogP contribution < -0.4 is 15.9 Å². The molecule has 0 aliphatic carbocycles. The molecule has 0 aliphatic heterocycles. The van der Waals surface area contributed by atoms with E-state index >= 15 is 0 Å². The highest BCUT2D eigenvalue weighted by molar-refractivity contribution is 7.79. The summed E-state index contributed by atoms with van der Waals surface area (Å²) in [5.41, 5.74) is 0. The molecule has 5 aromatic rings. The normalized spacial score (nSPS) is 10.4. The first-order valence-corrected chi connectivity index (χ1v) is 11.1. The second-order valence-corrected chi connectivity index (χ2v) is 8.91. The quantitative estimate of drug-likeness (QED) is 0.318. The molecule has 0 N–H and O–H groups in total. The SMILES string of the molecule is c1ccc(P(c2ccccc2)c2ccccc2)cc1.c1ccc2ccccc2c1. The zero-order chi connectivity index (χ0) is 19.7. The lowest BCUT2D eigenvalue weighted by Gasteiger charge is -2.18. The van der Waals surface area contributed by atoms with Gasteiger partial charge in [-0.3, -0.25) is 0 Å². The average molecular weight is 390 g/mol. The van der Waals surface area contributed by atoms with Crippen molar-refractivity contribution in [2.24, 2.45) is 0 Å². The van der Waals surface area contributed by atoms with E-state index in [1.807, 2.05) is 0 Å². The Balaban J connectivity index is 0.000000171. The van der Waals surface area contributed by atoms with Crippen LogP contribution in [-0.4, -0.2) is 0 Å². The van der Waals surface area contributed by atoms with Crippen molar-refractivity contribution in [3.05, 3.63) is 140 Å². The minimum atomic E-state index is -0.446. The predicted octanol–water partition coefficient (Wildman–Crippen LogP) is 6.28. The molecule has 0 bridgehead atoms. The first kappa shape index (κ1) is 19.1. The van der Waals surface area contributed by atoms with Gasteiger partial charge in [0.05, 0.1) is 0 Å². The lowest BCUT2D eigenvalue weighted by atomic mass is 10.1. The van der Waals surface area contributed by atoms with Gasteiger partial charge in [0.15, 0.2) is 0 Å². The molecular weight excluding hydrogens is 367 g/mol. The maximum Gasteiger partial charge on any atom is -0.0134 e. The Labute approximate surface area is 174 Å². The third-order valence-electron chi connectivity index (χ3n) is 4.70. The molecule has 0 unspecified atom stereocenters. The number of hydrogen-bond donors (Lipinski definition) is 0. The van der Waals surface area contributed by atoms with E-state index in [0.29, 0.717) is 0 Å². The van der Waals surface area contributed by atoms with Crippen LogP contribution in [0.5, 0.6) is 0 Å². The predicted molar refractivity (Wildman–Crippen MR) is 129 cm³/mol. The fourth-order valence-corrected chi connectivity index (χ4v) is 5.62. The smallest absolute Gasteiger partial charge is 0.0134 e. The molecule has 0 spiro atoms. The van der Waals surface area contributed by atoms with E-state index in [-0.39, 0.29) is 0 Å². The van der Waals surface area contributed by atoms with Crippen molar-refractivity contribution in [1.82, 2.24) is 0 Å². The molecule has 0 saturated heterocycles. The summed E-state index contributed by atoms with van der Waals surface area (Å²) in [6.45, 7) is 0. The zero-order valence-electron chi connectivity index (χ0n) is 16.2. The molecule has 29 heavy (non-hydrogen) atoms. The monoisotopic (exact) mass is 390 g/mol. The fraction of sp³-hybridized carbons (Fsp3) is 0. The third kappa shape index (κ3) is 4.99. The first-order valence-electron chi connectivity index (χ1n) is 9.81. The molecule has 0 saturated carbocycles. The zero-order valence-corrected chi connectivity index (χ0v) is 17.1. The molecule has 0 radical (unpaired) electrons. The molecule has 0 aromatic heterocycles. The van der Waals surface area contributed by atoms with E-state index in [4.69, 9.17) is 0 Å². The molecule has 5 aromatic carbocycles. The Bertz CT molecular complexity index is 977.